The van der Waals surface area contributed by atoms with Gasteiger partial charge in [0.25, 0.3) is 0 Å². The van der Waals surface area contributed by atoms with Gasteiger partial charge in [-0.2, -0.15) is 0 Å². The molecule has 1 aliphatic rings. The standard InChI is InChI=1S/C15H23N3O/c1-2-18(11-12-6-5-7-13(16)10-12)15(19)17-14-8-3-4-9-14/h5-7,10,14H,2-4,8-9,11,16H2,1H3,(H,17,19). The molecule has 104 valence electrons. The first-order chi connectivity index (χ1) is 9.19. The van der Waals surface area contributed by atoms with Crippen LogP contribution in [-0.4, -0.2) is 23.5 Å². The number of urea groups is 1. The van der Waals surface area contributed by atoms with E-state index in [1.165, 1.54) is 12.8 Å². The topological polar surface area (TPSA) is 58.4 Å². The monoisotopic (exact) mass is 261 g/mol. The van der Waals surface area contributed by atoms with E-state index in [2.05, 4.69) is 5.32 Å². The molecule has 3 N–H and O–H groups in total. The van der Waals surface area contributed by atoms with Crippen LogP contribution in [0.15, 0.2) is 24.3 Å². The second-order valence-corrected chi connectivity index (χ2v) is 5.19. The minimum absolute atomic E-state index is 0.0387. The van der Waals surface area contributed by atoms with Gasteiger partial charge in [0.2, 0.25) is 0 Å². The average molecular weight is 261 g/mol. The fourth-order valence-electron chi connectivity index (χ4n) is 2.58. The van der Waals surface area contributed by atoms with Crippen LogP contribution in [0.25, 0.3) is 0 Å². The Balaban J connectivity index is 1.93. The van der Waals surface area contributed by atoms with E-state index in [1.807, 2.05) is 36.1 Å². The highest BCUT2D eigenvalue weighted by Crippen LogP contribution is 2.18. The average Bonchev–Trinajstić information content (AvgIpc) is 2.88. The highest BCUT2D eigenvalue weighted by atomic mass is 16.2. The lowest BCUT2D eigenvalue weighted by atomic mass is 10.2. The quantitative estimate of drug-likeness (QED) is 0.819. The Morgan fingerprint density at radius 1 is 1.42 bits per heavy atom. The summed E-state index contributed by atoms with van der Waals surface area (Å²) in [6.45, 7) is 3.31. The van der Waals surface area contributed by atoms with Crippen molar-refractivity contribution in [3.63, 3.8) is 0 Å². The predicted molar refractivity (Wildman–Crippen MR) is 77.7 cm³/mol. The van der Waals surface area contributed by atoms with Crippen molar-refractivity contribution in [2.45, 2.75) is 45.2 Å². The molecule has 0 spiro atoms. The highest BCUT2D eigenvalue weighted by molar-refractivity contribution is 5.74. The van der Waals surface area contributed by atoms with Gasteiger partial charge in [-0.1, -0.05) is 25.0 Å². The van der Waals surface area contributed by atoms with E-state index < -0.39 is 0 Å². The number of amides is 2. The molecule has 0 aliphatic heterocycles. The summed E-state index contributed by atoms with van der Waals surface area (Å²) in [4.78, 5) is 14.0. The van der Waals surface area contributed by atoms with Crippen LogP contribution < -0.4 is 11.1 Å². The van der Waals surface area contributed by atoms with Gasteiger partial charge in [0.05, 0.1) is 0 Å². The zero-order valence-corrected chi connectivity index (χ0v) is 11.6. The molecule has 19 heavy (non-hydrogen) atoms. The molecule has 0 atom stereocenters. The summed E-state index contributed by atoms with van der Waals surface area (Å²) in [5.41, 5.74) is 7.58. The largest absolute Gasteiger partial charge is 0.399 e. The van der Waals surface area contributed by atoms with Crippen molar-refractivity contribution in [2.75, 3.05) is 12.3 Å². The van der Waals surface area contributed by atoms with Crippen LogP contribution in [0.3, 0.4) is 0 Å². The number of benzene rings is 1. The van der Waals surface area contributed by atoms with E-state index in [0.29, 0.717) is 19.1 Å². The van der Waals surface area contributed by atoms with Gasteiger partial charge in [-0.15, -0.1) is 0 Å². The molecule has 2 rings (SSSR count). The molecule has 1 aromatic carbocycles. The molecule has 1 aliphatic carbocycles. The lowest BCUT2D eigenvalue weighted by Crippen LogP contribution is -2.43. The van der Waals surface area contributed by atoms with Crippen molar-refractivity contribution >= 4 is 11.7 Å². The van der Waals surface area contributed by atoms with E-state index >= 15 is 0 Å². The molecule has 4 nitrogen and oxygen atoms in total. The summed E-state index contributed by atoms with van der Waals surface area (Å²) < 4.78 is 0. The van der Waals surface area contributed by atoms with Crippen LogP contribution in [0.4, 0.5) is 10.5 Å². The molecule has 0 aromatic heterocycles. The number of carbonyl (C=O) groups is 1. The Labute approximate surface area is 115 Å². The van der Waals surface area contributed by atoms with Crippen molar-refractivity contribution in [3.8, 4) is 0 Å². The minimum atomic E-state index is 0.0387. The number of nitrogens with one attached hydrogen (secondary N) is 1. The zero-order valence-electron chi connectivity index (χ0n) is 11.6. The van der Waals surface area contributed by atoms with Crippen LogP contribution in [-0.2, 0) is 6.54 Å². The molecule has 1 fully saturated rings. The SMILES string of the molecule is CCN(Cc1cccc(N)c1)C(=O)NC1CCCC1. The number of anilines is 1. The second kappa shape index (κ2) is 6.45. The summed E-state index contributed by atoms with van der Waals surface area (Å²) in [5.74, 6) is 0. The maximum absolute atomic E-state index is 12.2. The Bertz CT molecular complexity index is 427. The molecular formula is C15H23N3O. The third-order valence-electron chi connectivity index (χ3n) is 3.68. The Morgan fingerprint density at radius 2 is 2.16 bits per heavy atom. The Morgan fingerprint density at radius 3 is 2.79 bits per heavy atom. The Kier molecular flexibility index (Phi) is 4.66. The fourth-order valence-corrected chi connectivity index (χ4v) is 2.58. The molecule has 0 bridgehead atoms. The molecule has 0 unspecified atom stereocenters. The van der Waals surface area contributed by atoms with Gasteiger partial charge in [0, 0.05) is 24.8 Å². The van der Waals surface area contributed by atoms with Gasteiger partial charge in [-0.3, -0.25) is 0 Å². The van der Waals surface area contributed by atoms with Gasteiger partial charge < -0.3 is 16.0 Å². The highest BCUT2D eigenvalue weighted by Gasteiger charge is 2.20. The predicted octanol–water partition coefficient (Wildman–Crippen LogP) is 2.74. The van der Waals surface area contributed by atoms with E-state index in [1.54, 1.807) is 0 Å². The number of nitrogens with two attached hydrogens (primary N) is 1. The first-order valence-electron chi connectivity index (χ1n) is 7.09. The number of carbonyl (C=O) groups excluding carboxylic acids is 1. The third-order valence-corrected chi connectivity index (χ3v) is 3.68. The summed E-state index contributed by atoms with van der Waals surface area (Å²) in [6, 6.07) is 8.11. The molecule has 0 radical (unpaired) electrons. The van der Waals surface area contributed by atoms with Crippen molar-refractivity contribution < 1.29 is 4.79 Å². The van der Waals surface area contributed by atoms with Crippen LogP contribution in [0.1, 0.15) is 38.2 Å². The molecule has 1 saturated carbocycles. The number of nitrogens with zero attached hydrogens (tertiary/aromatic N) is 1. The van der Waals surface area contributed by atoms with Gasteiger partial charge in [-0.05, 0) is 37.5 Å². The maximum atomic E-state index is 12.2. The number of hydrogen-bond acceptors (Lipinski definition) is 2. The molecule has 0 saturated heterocycles. The summed E-state index contributed by atoms with van der Waals surface area (Å²) in [7, 11) is 0. The Hall–Kier alpha value is -1.71. The van der Waals surface area contributed by atoms with E-state index in [4.69, 9.17) is 5.73 Å². The normalized spacial score (nSPS) is 15.4. The minimum Gasteiger partial charge on any atom is -0.399 e. The number of nitrogen functional groups attached to an aromatic ring is 1. The fraction of sp³-hybridized carbons (Fsp3) is 0.533. The molecule has 1 aromatic rings. The van der Waals surface area contributed by atoms with Crippen molar-refractivity contribution in [1.82, 2.24) is 10.2 Å². The van der Waals surface area contributed by atoms with E-state index in [-0.39, 0.29) is 6.03 Å². The summed E-state index contributed by atoms with van der Waals surface area (Å²) >= 11 is 0. The van der Waals surface area contributed by atoms with Gasteiger partial charge >= 0.3 is 6.03 Å². The van der Waals surface area contributed by atoms with Crippen LogP contribution >= 0.6 is 0 Å². The van der Waals surface area contributed by atoms with Crippen molar-refractivity contribution in [2.24, 2.45) is 0 Å². The van der Waals surface area contributed by atoms with Crippen LogP contribution in [0.2, 0.25) is 0 Å². The molecule has 0 heterocycles. The summed E-state index contributed by atoms with van der Waals surface area (Å²) in [6.07, 6.45) is 4.68. The van der Waals surface area contributed by atoms with Gasteiger partial charge in [-0.25, -0.2) is 4.79 Å². The van der Waals surface area contributed by atoms with Crippen LogP contribution in [0, 0.1) is 0 Å². The third kappa shape index (κ3) is 3.88. The van der Waals surface area contributed by atoms with Crippen molar-refractivity contribution in [3.05, 3.63) is 29.8 Å². The smallest absolute Gasteiger partial charge is 0.317 e. The number of hydrogen-bond donors (Lipinski definition) is 2. The van der Waals surface area contributed by atoms with Crippen LogP contribution in [0.5, 0.6) is 0 Å². The lowest BCUT2D eigenvalue weighted by molar-refractivity contribution is 0.194. The van der Waals surface area contributed by atoms with E-state index in [0.717, 1.165) is 24.1 Å². The lowest BCUT2D eigenvalue weighted by Gasteiger charge is -2.24. The van der Waals surface area contributed by atoms with Gasteiger partial charge in [0.15, 0.2) is 0 Å². The number of rotatable bonds is 4. The maximum Gasteiger partial charge on any atom is 0.317 e. The first kappa shape index (κ1) is 13.7. The second-order valence-electron chi connectivity index (χ2n) is 5.19. The van der Waals surface area contributed by atoms with Crippen molar-refractivity contribution in [1.29, 1.82) is 0 Å². The van der Waals surface area contributed by atoms with E-state index in [9.17, 15) is 4.79 Å². The van der Waals surface area contributed by atoms with Gasteiger partial charge in [0.1, 0.15) is 0 Å². The zero-order chi connectivity index (χ0) is 13.7. The molecular weight excluding hydrogens is 238 g/mol. The molecule has 4 heteroatoms. The molecule has 2 amide bonds. The summed E-state index contributed by atoms with van der Waals surface area (Å²) in [5, 5.41) is 3.12. The first-order valence-corrected chi connectivity index (χ1v) is 7.09.